The van der Waals surface area contributed by atoms with Crippen LogP contribution in [-0.4, -0.2) is 49.5 Å². The van der Waals surface area contributed by atoms with Crippen molar-refractivity contribution in [2.45, 2.75) is 31.6 Å². The fourth-order valence-electron chi connectivity index (χ4n) is 2.93. The molecule has 2 fully saturated rings. The second-order valence-electron chi connectivity index (χ2n) is 6.59. The van der Waals surface area contributed by atoms with Crippen LogP contribution in [0, 0.1) is 5.92 Å². The van der Waals surface area contributed by atoms with Crippen molar-refractivity contribution in [3.8, 4) is 0 Å². The quantitative estimate of drug-likeness (QED) is 0.880. The molecule has 1 aromatic heterocycles. The molecule has 2 heterocycles. The molecule has 0 unspecified atom stereocenters. The van der Waals surface area contributed by atoms with Gasteiger partial charge in [-0.15, -0.1) is 0 Å². The fourth-order valence-corrected chi connectivity index (χ4v) is 3.84. The summed E-state index contributed by atoms with van der Waals surface area (Å²) in [6.45, 7) is 1.79. The Kier molecular flexibility index (Phi) is 4.68. The topological polar surface area (TPSA) is 79.4 Å². The van der Waals surface area contributed by atoms with Gasteiger partial charge in [0.05, 0.1) is 11.8 Å². The maximum Gasteiger partial charge on any atom is 0.252 e. The van der Waals surface area contributed by atoms with Gasteiger partial charge in [0, 0.05) is 37.4 Å². The number of carbonyl (C=O) groups excluding carboxylic acids is 1. The van der Waals surface area contributed by atoms with E-state index in [1.807, 2.05) is 6.07 Å². The average Bonchev–Trinajstić information content (AvgIpc) is 3.36. The first-order chi connectivity index (χ1) is 10.9. The minimum Gasteiger partial charge on any atom is -0.352 e. The molecule has 1 aliphatic carbocycles. The molecule has 1 amide bonds. The molecular formula is C16H23N3O3S. The third kappa shape index (κ3) is 4.29. The molecule has 1 aliphatic heterocycles. The number of hydrogen-bond donors (Lipinski definition) is 1. The number of nitrogens with one attached hydrogen (secondary N) is 1. The lowest BCUT2D eigenvalue weighted by molar-refractivity contribution is 0.0951. The highest BCUT2D eigenvalue weighted by Crippen LogP contribution is 2.28. The maximum absolute atomic E-state index is 12.0. The fraction of sp³-hybridized carbons (Fsp3) is 0.625. The Bertz CT molecular complexity index is 668. The minimum atomic E-state index is -3.16. The Morgan fingerprint density at radius 3 is 2.74 bits per heavy atom. The number of nitrogens with zero attached hydrogens (tertiary/aromatic N) is 2. The standard InChI is InChI=1S/C16H23N3O3S/c1-23(21,22)19-8-2-3-14(11-19)15-7-6-13(10-17-15)16(20)18-9-12-4-5-12/h6-7,10,12,14H,2-5,8-9,11H2,1H3,(H,18,20)/t14-/m0/s1. The summed E-state index contributed by atoms with van der Waals surface area (Å²) in [6, 6.07) is 3.63. The van der Waals surface area contributed by atoms with E-state index >= 15 is 0 Å². The van der Waals surface area contributed by atoms with E-state index in [0.717, 1.165) is 25.1 Å². The van der Waals surface area contributed by atoms with Crippen LogP contribution >= 0.6 is 0 Å². The largest absolute Gasteiger partial charge is 0.352 e. The van der Waals surface area contributed by atoms with Crippen LogP contribution in [-0.2, 0) is 10.0 Å². The summed E-state index contributed by atoms with van der Waals surface area (Å²) in [5, 5.41) is 2.92. The van der Waals surface area contributed by atoms with Gasteiger partial charge in [-0.05, 0) is 43.7 Å². The van der Waals surface area contributed by atoms with Crippen molar-refractivity contribution in [1.29, 1.82) is 0 Å². The van der Waals surface area contributed by atoms with Crippen LogP contribution in [0.25, 0.3) is 0 Å². The molecule has 1 saturated heterocycles. The van der Waals surface area contributed by atoms with Crippen LogP contribution in [0.4, 0.5) is 0 Å². The van der Waals surface area contributed by atoms with E-state index in [9.17, 15) is 13.2 Å². The SMILES string of the molecule is CS(=O)(=O)N1CCC[C@H](c2ccc(C(=O)NCC3CC3)cn2)C1. The Morgan fingerprint density at radius 2 is 2.13 bits per heavy atom. The van der Waals surface area contributed by atoms with E-state index in [4.69, 9.17) is 0 Å². The molecule has 0 aromatic carbocycles. The van der Waals surface area contributed by atoms with E-state index in [1.54, 1.807) is 12.3 Å². The Labute approximate surface area is 137 Å². The summed E-state index contributed by atoms with van der Waals surface area (Å²) in [6.07, 6.45) is 7.01. The summed E-state index contributed by atoms with van der Waals surface area (Å²) in [5.41, 5.74) is 1.42. The van der Waals surface area contributed by atoms with Crippen molar-refractivity contribution in [1.82, 2.24) is 14.6 Å². The van der Waals surface area contributed by atoms with Gasteiger partial charge in [-0.2, -0.15) is 0 Å². The number of aromatic nitrogens is 1. The lowest BCUT2D eigenvalue weighted by Crippen LogP contribution is -2.38. The molecule has 1 saturated carbocycles. The van der Waals surface area contributed by atoms with Crippen molar-refractivity contribution >= 4 is 15.9 Å². The van der Waals surface area contributed by atoms with Crippen molar-refractivity contribution in [2.75, 3.05) is 25.9 Å². The van der Waals surface area contributed by atoms with E-state index in [2.05, 4.69) is 10.3 Å². The Morgan fingerprint density at radius 1 is 1.35 bits per heavy atom. The Balaban J connectivity index is 1.63. The third-order valence-electron chi connectivity index (χ3n) is 4.57. The number of hydrogen-bond acceptors (Lipinski definition) is 4. The summed E-state index contributed by atoms with van der Waals surface area (Å²) >= 11 is 0. The van der Waals surface area contributed by atoms with E-state index < -0.39 is 10.0 Å². The van der Waals surface area contributed by atoms with Crippen molar-refractivity contribution in [3.63, 3.8) is 0 Å². The molecule has 0 spiro atoms. The number of amides is 1. The number of piperidine rings is 1. The van der Waals surface area contributed by atoms with Crippen LogP contribution in [0.15, 0.2) is 18.3 Å². The van der Waals surface area contributed by atoms with Gasteiger partial charge in [-0.1, -0.05) is 0 Å². The first-order valence-electron chi connectivity index (χ1n) is 8.13. The summed E-state index contributed by atoms with van der Waals surface area (Å²) in [4.78, 5) is 16.4. The minimum absolute atomic E-state index is 0.0858. The highest BCUT2D eigenvalue weighted by Gasteiger charge is 2.27. The van der Waals surface area contributed by atoms with Crippen molar-refractivity contribution in [3.05, 3.63) is 29.6 Å². The van der Waals surface area contributed by atoms with Gasteiger partial charge in [-0.3, -0.25) is 9.78 Å². The predicted molar refractivity (Wildman–Crippen MR) is 87.7 cm³/mol. The molecule has 0 bridgehead atoms. The molecular weight excluding hydrogens is 314 g/mol. The predicted octanol–water partition coefficient (Wildman–Crippen LogP) is 1.36. The number of pyridine rings is 1. The van der Waals surface area contributed by atoms with Gasteiger partial charge in [-0.25, -0.2) is 12.7 Å². The monoisotopic (exact) mass is 337 g/mol. The van der Waals surface area contributed by atoms with Gasteiger partial charge in [0.15, 0.2) is 0 Å². The van der Waals surface area contributed by atoms with Crippen LogP contribution in [0.2, 0.25) is 0 Å². The second-order valence-corrected chi connectivity index (χ2v) is 8.57. The molecule has 1 atom stereocenters. The van der Waals surface area contributed by atoms with Gasteiger partial charge in [0.2, 0.25) is 10.0 Å². The van der Waals surface area contributed by atoms with Crippen LogP contribution in [0.5, 0.6) is 0 Å². The number of sulfonamides is 1. The summed E-state index contributed by atoms with van der Waals surface area (Å²) in [7, 11) is -3.16. The average molecular weight is 337 g/mol. The zero-order valence-corrected chi connectivity index (χ0v) is 14.2. The smallest absolute Gasteiger partial charge is 0.252 e. The maximum atomic E-state index is 12.0. The molecule has 126 valence electrons. The van der Waals surface area contributed by atoms with Gasteiger partial charge >= 0.3 is 0 Å². The first kappa shape index (κ1) is 16.4. The molecule has 0 radical (unpaired) electrons. The molecule has 23 heavy (non-hydrogen) atoms. The molecule has 7 heteroatoms. The summed E-state index contributed by atoms with van der Waals surface area (Å²) in [5.74, 6) is 0.662. The first-order valence-corrected chi connectivity index (χ1v) is 9.97. The zero-order valence-electron chi connectivity index (χ0n) is 13.4. The summed E-state index contributed by atoms with van der Waals surface area (Å²) < 4.78 is 24.9. The van der Waals surface area contributed by atoms with Crippen LogP contribution in [0.1, 0.15) is 47.7 Å². The highest BCUT2D eigenvalue weighted by molar-refractivity contribution is 7.88. The second kappa shape index (κ2) is 6.57. The van der Waals surface area contributed by atoms with Gasteiger partial charge in [0.1, 0.15) is 0 Å². The molecule has 6 nitrogen and oxygen atoms in total. The highest BCUT2D eigenvalue weighted by atomic mass is 32.2. The van der Waals surface area contributed by atoms with E-state index in [0.29, 0.717) is 24.6 Å². The zero-order chi connectivity index (χ0) is 16.4. The lowest BCUT2D eigenvalue weighted by Gasteiger charge is -2.30. The van der Waals surface area contributed by atoms with Gasteiger partial charge in [0.25, 0.3) is 5.91 Å². The normalized spacial score (nSPS) is 22.7. The van der Waals surface area contributed by atoms with Gasteiger partial charge < -0.3 is 5.32 Å². The lowest BCUT2D eigenvalue weighted by atomic mass is 9.95. The van der Waals surface area contributed by atoms with Crippen LogP contribution < -0.4 is 5.32 Å². The number of rotatable bonds is 5. The molecule has 3 rings (SSSR count). The Hall–Kier alpha value is -1.47. The van der Waals surface area contributed by atoms with Crippen LogP contribution in [0.3, 0.4) is 0 Å². The third-order valence-corrected chi connectivity index (χ3v) is 5.84. The van der Waals surface area contributed by atoms with Crippen molar-refractivity contribution in [2.24, 2.45) is 5.92 Å². The van der Waals surface area contributed by atoms with E-state index in [-0.39, 0.29) is 11.8 Å². The van der Waals surface area contributed by atoms with E-state index in [1.165, 1.54) is 23.4 Å². The van der Waals surface area contributed by atoms with Crippen molar-refractivity contribution < 1.29 is 13.2 Å². The molecule has 1 aromatic rings. The molecule has 1 N–H and O–H groups in total. The number of carbonyl (C=O) groups is 1. The molecule has 2 aliphatic rings.